The lowest BCUT2D eigenvalue weighted by Crippen LogP contribution is -2.12. The van der Waals surface area contributed by atoms with Crippen molar-refractivity contribution in [2.75, 3.05) is 5.32 Å². The van der Waals surface area contributed by atoms with Crippen molar-refractivity contribution in [2.45, 2.75) is 0 Å². The molecule has 0 fully saturated rings. The first-order valence-electron chi connectivity index (χ1n) is 5.09. The molecule has 2 aromatic carbocycles. The zero-order valence-corrected chi connectivity index (χ0v) is 12.2. The lowest BCUT2D eigenvalue weighted by Gasteiger charge is -2.07. The molecule has 0 heterocycles. The third-order valence-electron chi connectivity index (χ3n) is 2.28. The summed E-state index contributed by atoms with van der Waals surface area (Å²) in [6.07, 6.45) is 0. The van der Waals surface area contributed by atoms with Gasteiger partial charge in [-0.2, -0.15) is 0 Å². The maximum atomic E-state index is 12.0. The van der Waals surface area contributed by atoms with E-state index in [1.54, 1.807) is 30.3 Å². The minimum atomic E-state index is -0.291. The van der Waals surface area contributed by atoms with Crippen LogP contribution in [0.25, 0.3) is 0 Å². The van der Waals surface area contributed by atoms with Gasteiger partial charge < -0.3 is 5.32 Å². The van der Waals surface area contributed by atoms with Gasteiger partial charge in [-0.1, -0.05) is 51.3 Å². The molecule has 0 spiro atoms. The van der Waals surface area contributed by atoms with E-state index in [1.807, 2.05) is 12.1 Å². The summed E-state index contributed by atoms with van der Waals surface area (Å²) in [6.45, 7) is 0. The van der Waals surface area contributed by atoms with Crippen LogP contribution in [0, 0.1) is 0 Å². The number of carbonyl (C=O) groups is 1. The molecule has 5 heteroatoms. The standard InChI is InChI=1S/C13H8BrCl2NO/c14-8-3-1-4-9(7-8)17-13(18)10-5-2-6-11(15)12(10)16/h1-7H,(H,17,18). The second-order valence-electron chi connectivity index (χ2n) is 3.57. The molecule has 0 aliphatic rings. The van der Waals surface area contributed by atoms with Crippen LogP contribution in [0.2, 0.25) is 10.0 Å². The van der Waals surface area contributed by atoms with Crippen LogP contribution in [0.5, 0.6) is 0 Å². The van der Waals surface area contributed by atoms with Crippen LogP contribution in [0.15, 0.2) is 46.9 Å². The zero-order valence-electron chi connectivity index (χ0n) is 9.08. The monoisotopic (exact) mass is 343 g/mol. The van der Waals surface area contributed by atoms with Crippen molar-refractivity contribution in [3.63, 3.8) is 0 Å². The maximum absolute atomic E-state index is 12.0. The van der Waals surface area contributed by atoms with Crippen LogP contribution in [0.3, 0.4) is 0 Å². The first kappa shape index (κ1) is 13.4. The first-order chi connectivity index (χ1) is 8.58. The summed E-state index contributed by atoms with van der Waals surface area (Å²) >= 11 is 15.2. The number of carbonyl (C=O) groups excluding carboxylic acids is 1. The van der Waals surface area contributed by atoms with E-state index in [1.165, 1.54) is 0 Å². The second kappa shape index (κ2) is 5.74. The Bertz CT molecular complexity index is 601. The normalized spacial score (nSPS) is 10.2. The summed E-state index contributed by atoms with van der Waals surface area (Å²) in [6, 6.07) is 12.3. The molecule has 2 aromatic rings. The highest BCUT2D eigenvalue weighted by atomic mass is 79.9. The fourth-order valence-corrected chi connectivity index (χ4v) is 2.23. The smallest absolute Gasteiger partial charge is 0.257 e. The fraction of sp³-hybridized carbons (Fsp3) is 0. The van der Waals surface area contributed by atoms with Gasteiger partial charge in [-0.25, -0.2) is 0 Å². The average molecular weight is 345 g/mol. The van der Waals surface area contributed by atoms with Crippen molar-refractivity contribution >= 4 is 50.7 Å². The fourth-order valence-electron chi connectivity index (χ4n) is 1.44. The van der Waals surface area contributed by atoms with E-state index in [2.05, 4.69) is 21.2 Å². The van der Waals surface area contributed by atoms with Gasteiger partial charge in [-0.3, -0.25) is 4.79 Å². The average Bonchev–Trinajstić information content (AvgIpc) is 2.32. The van der Waals surface area contributed by atoms with Gasteiger partial charge in [0.25, 0.3) is 5.91 Å². The van der Waals surface area contributed by atoms with E-state index in [9.17, 15) is 4.79 Å². The van der Waals surface area contributed by atoms with Crippen LogP contribution in [0.4, 0.5) is 5.69 Å². The second-order valence-corrected chi connectivity index (χ2v) is 5.27. The number of benzene rings is 2. The number of hydrogen-bond acceptors (Lipinski definition) is 1. The molecule has 0 aromatic heterocycles. The van der Waals surface area contributed by atoms with Crippen molar-refractivity contribution in [1.29, 1.82) is 0 Å². The minimum absolute atomic E-state index is 0.256. The van der Waals surface area contributed by atoms with E-state index >= 15 is 0 Å². The van der Waals surface area contributed by atoms with Gasteiger partial charge in [-0.15, -0.1) is 0 Å². The van der Waals surface area contributed by atoms with Gasteiger partial charge in [0, 0.05) is 10.2 Å². The number of anilines is 1. The predicted octanol–water partition coefficient (Wildman–Crippen LogP) is 5.01. The Morgan fingerprint density at radius 2 is 1.83 bits per heavy atom. The topological polar surface area (TPSA) is 29.1 Å². The Labute approximate surface area is 123 Å². The first-order valence-corrected chi connectivity index (χ1v) is 6.64. The molecule has 0 bridgehead atoms. The number of hydrogen-bond donors (Lipinski definition) is 1. The van der Waals surface area contributed by atoms with E-state index < -0.39 is 0 Å². The van der Waals surface area contributed by atoms with Crippen molar-refractivity contribution in [3.05, 3.63) is 62.5 Å². The summed E-state index contributed by atoms with van der Waals surface area (Å²) in [5.74, 6) is -0.291. The van der Waals surface area contributed by atoms with E-state index in [-0.39, 0.29) is 10.9 Å². The molecule has 2 rings (SSSR count). The van der Waals surface area contributed by atoms with Crippen LogP contribution < -0.4 is 5.32 Å². The molecule has 0 atom stereocenters. The Kier molecular flexibility index (Phi) is 4.27. The van der Waals surface area contributed by atoms with Crippen molar-refractivity contribution in [2.24, 2.45) is 0 Å². The predicted molar refractivity (Wildman–Crippen MR) is 78.6 cm³/mol. The minimum Gasteiger partial charge on any atom is -0.322 e. The molecule has 1 N–H and O–H groups in total. The molecular formula is C13H8BrCl2NO. The lowest BCUT2D eigenvalue weighted by atomic mass is 10.2. The largest absolute Gasteiger partial charge is 0.322 e. The SMILES string of the molecule is O=C(Nc1cccc(Br)c1)c1cccc(Cl)c1Cl. The summed E-state index contributed by atoms with van der Waals surface area (Å²) in [5.41, 5.74) is 1.04. The molecule has 0 radical (unpaired) electrons. The third kappa shape index (κ3) is 3.05. The highest BCUT2D eigenvalue weighted by Gasteiger charge is 2.12. The number of nitrogens with one attached hydrogen (secondary N) is 1. The number of amides is 1. The summed E-state index contributed by atoms with van der Waals surface area (Å²) in [7, 11) is 0. The zero-order chi connectivity index (χ0) is 13.1. The summed E-state index contributed by atoms with van der Waals surface area (Å²) < 4.78 is 0.887. The van der Waals surface area contributed by atoms with E-state index in [0.717, 1.165) is 4.47 Å². The van der Waals surface area contributed by atoms with Gasteiger partial charge in [0.1, 0.15) is 0 Å². The van der Waals surface area contributed by atoms with Gasteiger partial charge in [-0.05, 0) is 30.3 Å². The molecule has 2 nitrogen and oxygen atoms in total. The van der Waals surface area contributed by atoms with Gasteiger partial charge in [0.05, 0.1) is 15.6 Å². The van der Waals surface area contributed by atoms with E-state index in [0.29, 0.717) is 16.3 Å². The van der Waals surface area contributed by atoms with Crippen LogP contribution in [-0.2, 0) is 0 Å². The molecule has 0 unspecified atom stereocenters. The van der Waals surface area contributed by atoms with Crippen molar-refractivity contribution in [1.82, 2.24) is 0 Å². The molecule has 0 saturated heterocycles. The third-order valence-corrected chi connectivity index (χ3v) is 3.59. The molecular weight excluding hydrogens is 337 g/mol. The molecule has 18 heavy (non-hydrogen) atoms. The van der Waals surface area contributed by atoms with Crippen molar-refractivity contribution < 1.29 is 4.79 Å². The Morgan fingerprint density at radius 3 is 2.56 bits per heavy atom. The van der Waals surface area contributed by atoms with Crippen LogP contribution >= 0.6 is 39.1 Å². The quantitative estimate of drug-likeness (QED) is 0.815. The number of rotatable bonds is 2. The molecule has 92 valence electrons. The Balaban J connectivity index is 2.25. The maximum Gasteiger partial charge on any atom is 0.257 e. The highest BCUT2D eigenvalue weighted by Crippen LogP contribution is 2.26. The highest BCUT2D eigenvalue weighted by molar-refractivity contribution is 9.10. The van der Waals surface area contributed by atoms with Gasteiger partial charge in [0.15, 0.2) is 0 Å². The molecule has 0 saturated carbocycles. The van der Waals surface area contributed by atoms with Crippen LogP contribution in [-0.4, -0.2) is 5.91 Å². The van der Waals surface area contributed by atoms with Crippen molar-refractivity contribution in [3.8, 4) is 0 Å². The molecule has 0 aliphatic carbocycles. The summed E-state index contributed by atoms with van der Waals surface area (Å²) in [5, 5.41) is 3.37. The molecule has 1 amide bonds. The van der Waals surface area contributed by atoms with Gasteiger partial charge >= 0.3 is 0 Å². The Morgan fingerprint density at radius 1 is 1.11 bits per heavy atom. The van der Waals surface area contributed by atoms with Crippen LogP contribution in [0.1, 0.15) is 10.4 Å². The molecule has 0 aliphatic heterocycles. The number of halogens is 3. The summed E-state index contributed by atoms with van der Waals surface area (Å²) in [4.78, 5) is 12.0. The lowest BCUT2D eigenvalue weighted by molar-refractivity contribution is 0.102. The van der Waals surface area contributed by atoms with E-state index in [4.69, 9.17) is 23.2 Å². The van der Waals surface area contributed by atoms with Gasteiger partial charge in [0.2, 0.25) is 0 Å². The Hall–Kier alpha value is -1.03.